The second-order valence-corrected chi connectivity index (χ2v) is 7.45. The minimum absolute atomic E-state index is 0.0372. The van der Waals surface area contributed by atoms with E-state index >= 15 is 0 Å². The standard InChI is InChI=1S/C17H12Cl2N4OS/c1-9-8-23-15(10(2)21-17(23)25-9)3-11(7-20)16(24)22-14-5-12(18)4-13(19)6-14/h3-6,8H,1-2H3,(H,22,24)/b11-3+. The molecule has 25 heavy (non-hydrogen) atoms. The quantitative estimate of drug-likeness (QED) is 0.512. The first-order valence-corrected chi connectivity index (χ1v) is 8.79. The zero-order chi connectivity index (χ0) is 18.1. The van der Waals surface area contributed by atoms with Crippen LogP contribution in [0.15, 0.2) is 30.0 Å². The Bertz CT molecular complexity index is 1040. The predicted molar refractivity (Wildman–Crippen MR) is 101 cm³/mol. The van der Waals surface area contributed by atoms with Crippen LogP contribution in [0.2, 0.25) is 10.0 Å². The van der Waals surface area contributed by atoms with Crippen molar-refractivity contribution in [2.75, 3.05) is 5.32 Å². The second-order valence-electron chi connectivity index (χ2n) is 5.36. The molecule has 0 aliphatic rings. The van der Waals surface area contributed by atoms with Gasteiger partial charge in [0.15, 0.2) is 4.96 Å². The van der Waals surface area contributed by atoms with Gasteiger partial charge in [0.2, 0.25) is 0 Å². The molecule has 0 fully saturated rings. The van der Waals surface area contributed by atoms with Crippen LogP contribution in [0.3, 0.4) is 0 Å². The first kappa shape index (κ1) is 17.5. The van der Waals surface area contributed by atoms with Gasteiger partial charge in [-0.2, -0.15) is 5.26 Å². The van der Waals surface area contributed by atoms with Crippen molar-refractivity contribution in [3.8, 4) is 6.07 Å². The van der Waals surface area contributed by atoms with Gasteiger partial charge in [0, 0.05) is 26.8 Å². The minimum Gasteiger partial charge on any atom is -0.321 e. The number of fused-ring (bicyclic) bond motifs is 1. The van der Waals surface area contributed by atoms with Gasteiger partial charge in [0.05, 0.1) is 11.4 Å². The van der Waals surface area contributed by atoms with Crippen LogP contribution in [-0.2, 0) is 4.79 Å². The van der Waals surface area contributed by atoms with E-state index in [-0.39, 0.29) is 5.57 Å². The number of nitriles is 1. The number of anilines is 1. The molecule has 5 nitrogen and oxygen atoms in total. The number of nitrogens with one attached hydrogen (secondary N) is 1. The molecule has 3 rings (SSSR count). The summed E-state index contributed by atoms with van der Waals surface area (Å²) in [6, 6.07) is 6.62. The molecule has 3 aromatic rings. The van der Waals surface area contributed by atoms with Crippen LogP contribution in [0.4, 0.5) is 5.69 Å². The molecule has 1 amide bonds. The van der Waals surface area contributed by atoms with E-state index in [2.05, 4.69) is 10.3 Å². The van der Waals surface area contributed by atoms with Crippen molar-refractivity contribution < 1.29 is 4.79 Å². The second kappa shape index (κ2) is 6.89. The summed E-state index contributed by atoms with van der Waals surface area (Å²) in [6.45, 7) is 3.81. The number of amides is 1. The average Bonchev–Trinajstić information content (AvgIpc) is 2.99. The van der Waals surface area contributed by atoms with Crippen molar-refractivity contribution in [1.82, 2.24) is 9.38 Å². The van der Waals surface area contributed by atoms with Crippen molar-refractivity contribution in [3.63, 3.8) is 0 Å². The lowest BCUT2D eigenvalue weighted by Crippen LogP contribution is -2.13. The Morgan fingerprint density at radius 2 is 2.00 bits per heavy atom. The molecule has 0 aliphatic heterocycles. The van der Waals surface area contributed by atoms with E-state index in [1.54, 1.807) is 29.5 Å². The molecule has 8 heteroatoms. The van der Waals surface area contributed by atoms with Gasteiger partial charge in [-0.05, 0) is 38.1 Å². The Kier molecular flexibility index (Phi) is 4.82. The molecule has 0 aliphatic carbocycles. The predicted octanol–water partition coefficient (Wildman–Crippen LogP) is 4.87. The Labute approximate surface area is 158 Å². The molecule has 0 atom stereocenters. The molecular weight excluding hydrogens is 379 g/mol. The number of carbonyl (C=O) groups excluding carboxylic acids is 1. The molecule has 2 aromatic heterocycles. The Morgan fingerprint density at radius 3 is 2.64 bits per heavy atom. The summed E-state index contributed by atoms with van der Waals surface area (Å²) in [5.74, 6) is -0.540. The van der Waals surface area contributed by atoms with E-state index < -0.39 is 5.91 Å². The van der Waals surface area contributed by atoms with Gasteiger partial charge >= 0.3 is 0 Å². The number of benzene rings is 1. The number of imidazole rings is 1. The normalized spacial score (nSPS) is 11.6. The van der Waals surface area contributed by atoms with Gasteiger partial charge in [-0.3, -0.25) is 9.20 Å². The summed E-state index contributed by atoms with van der Waals surface area (Å²) >= 11 is 13.4. The fraction of sp³-hybridized carbons (Fsp3) is 0.118. The lowest BCUT2D eigenvalue weighted by Gasteiger charge is -2.05. The number of aromatic nitrogens is 2. The van der Waals surface area contributed by atoms with Crippen molar-refractivity contribution in [2.24, 2.45) is 0 Å². The molecule has 0 radical (unpaired) electrons. The van der Waals surface area contributed by atoms with E-state index in [4.69, 9.17) is 23.2 Å². The summed E-state index contributed by atoms with van der Waals surface area (Å²) in [5, 5.41) is 12.8. The van der Waals surface area contributed by atoms with Crippen LogP contribution in [-0.4, -0.2) is 15.3 Å². The highest BCUT2D eigenvalue weighted by atomic mass is 35.5. The summed E-state index contributed by atoms with van der Waals surface area (Å²) in [6.07, 6.45) is 3.46. The third kappa shape index (κ3) is 3.69. The van der Waals surface area contributed by atoms with Gasteiger partial charge in [0.1, 0.15) is 11.6 Å². The third-order valence-electron chi connectivity index (χ3n) is 3.43. The molecule has 0 bridgehead atoms. The lowest BCUT2D eigenvalue weighted by atomic mass is 10.2. The Hall–Kier alpha value is -2.33. The monoisotopic (exact) mass is 390 g/mol. The first-order valence-electron chi connectivity index (χ1n) is 7.21. The van der Waals surface area contributed by atoms with Crippen molar-refractivity contribution >= 4 is 57.2 Å². The maximum Gasteiger partial charge on any atom is 0.266 e. The number of hydrogen-bond acceptors (Lipinski definition) is 4. The number of hydrogen-bond donors (Lipinski definition) is 1. The molecule has 0 spiro atoms. The number of halogens is 2. The summed E-state index contributed by atoms with van der Waals surface area (Å²) in [4.78, 5) is 18.8. The molecule has 1 N–H and O–H groups in total. The molecule has 0 unspecified atom stereocenters. The summed E-state index contributed by atoms with van der Waals surface area (Å²) in [7, 11) is 0. The fourth-order valence-electron chi connectivity index (χ4n) is 2.36. The summed E-state index contributed by atoms with van der Waals surface area (Å²) in [5.41, 5.74) is 1.84. The van der Waals surface area contributed by atoms with Crippen molar-refractivity contribution in [2.45, 2.75) is 13.8 Å². The SMILES string of the molecule is Cc1cn2c(/C=C(\C#N)C(=O)Nc3cc(Cl)cc(Cl)c3)c(C)nc2s1. The average molecular weight is 391 g/mol. The molecular formula is C17H12Cl2N4OS. The number of carbonyl (C=O) groups is 1. The number of thiazole rings is 1. The lowest BCUT2D eigenvalue weighted by molar-refractivity contribution is -0.112. The van der Waals surface area contributed by atoms with Crippen LogP contribution < -0.4 is 5.32 Å². The highest BCUT2D eigenvalue weighted by molar-refractivity contribution is 7.17. The smallest absolute Gasteiger partial charge is 0.266 e. The molecule has 2 heterocycles. The van der Waals surface area contributed by atoms with E-state index in [1.807, 2.05) is 30.5 Å². The first-order chi connectivity index (χ1) is 11.9. The van der Waals surface area contributed by atoms with Crippen LogP contribution in [0.25, 0.3) is 11.0 Å². The number of rotatable bonds is 3. The zero-order valence-electron chi connectivity index (χ0n) is 13.3. The minimum atomic E-state index is -0.540. The topological polar surface area (TPSA) is 70.2 Å². The van der Waals surface area contributed by atoms with Gasteiger partial charge in [-0.25, -0.2) is 4.98 Å². The van der Waals surface area contributed by atoms with Crippen LogP contribution in [0, 0.1) is 25.2 Å². The van der Waals surface area contributed by atoms with E-state index in [0.29, 0.717) is 21.4 Å². The summed E-state index contributed by atoms with van der Waals surface area (Å²) < 4.78 is 1.87. The largest absolute Gasteiger partial charge is 0.321 e. The molecule has 0 saturated heterocycles. The van der Waals surface area contributed by atoms with Crippen molar-refractivity contribution in [3.05, 3.63) is 56.3 Å². The highest BCUT2D eigenvalue weighted by Gasteiger charge is 2.15. The van der Waals surface area contributed by atoms with Gasteiger partial charge in [0.25, 0.3) is 5.91 Å². The molecule has 126 valence electrons. The van der Waals surface area contributed by atoms with E-state index in [0.717, 1.165) is 15.5 Å². The van der Waals surface area contributed by atoms with Gasteiger partial charge in [-0.1, -0.05) is 23.2 Å². The highest BCUT2D eigenvalue weighted by Crippen LogP contribution is 2.24. The third-order valence-corrected chi connectivity index (χ3v) is 4.76. The van der Waals surface area contributed by atoms with Crippen LogP contribution >= 0.6 is 34.5 Å². The van der Waals surface area contributed by atoms with E-state index in [1.165, 1.54) is 6.08 Å². The Balaban J connectivity index is 1.95. The Morgan fingerprint density at radius 1 is 1.32 bits per heavy atom. The van der Waals surface area contributed by atoms with Gasteiger partial charge < -0.3 is 5.32 Å². The van der Waals surface area contributed by atoms with Gasteiger partial charge in [-0.15, -0.1) is 11.3 Å². The maximum atomic E-state index is 12.4. The zero-order valence-corrected chi connectivity index (χ0v) is 15.6. The van der Waals surface area contributed by atoms with Crippen LogP contribution in [0.1, 0.15) is 16.3 Å². The maximum absolute atomic E-state index is 12.4. The number of aryl methyl sites for hydroxylation is 2. The van der Waals surface area contributed by atoms with E-state index in [9.17, 15) is 10.1 Å². The fourth-order valence-corrected chi connectivity index (χ4v) is 3.77. The van der Waals surface area contributed by atoms with Crippen LogP contribution in [0.5, 0.6) is 0 Å². The van der Waals surface area contributed by atoms with Crippen molar-refractivity contribution in [1.29, 1.82) is 5.26 Å². The molecule has 1 aromatic carbocycles. The molecule has 0 saturated carbocycles. The number of nitrogens with zero attached hydrogens (tertiary/aromatic N) is 3.